The van der Waals surface area contributed by atoms with Gasteiger partial charge in [0.1, 0.15) is 0 Å². The molecular formula is C20H36N4O3. The molecule has 3 saturated heterocycles. The van der Waals surface area contributed by atoms with Crippen molar-refractivity contribution in [1.29, 1.82) is 0 Å². The minimum atomic E-state index is 0.180. The number of piperidine rings is 1. The summed E-state index contributed by atoms with van der Waals surface area (Å²) in [7, 11) is 0. The second kappa shape index (κ2) is 10.4. The van der Waals surface area contributed by atoms with E-state index >= 15 is 0 Å². The number of nitrogens with zero attached hydrogens (tertiary/aromatic N) is 4. The van der Waals surface area contributed by atoms with Gasteiger partial charge in [0.15, 0.2) is 0 Å². The molecule has 0 atom stereocenters. The van der Waals surface area contributed by atoms with E-state index in [0.717, 1.165) is 90.9 Å². The van der Waals surface area contributed by atoms with Gasteiger partial charge in [-0.2, -0.15) is 0 Å². The molecule has 0 aromatic rings. The van der Waals surface area contributed by atoms with E-state index in [1.54, 1.807) is 0 Å². The standard InChI is InChI=1S/C20H36N4O3/c25-14-13-21-11-5-18(6-12-21)15-22(16-19(26)23-7-1-2-8-23)17-20(27)24-9-3-4-10-24/h18,25H,1-17H2. The molecule has 0 aliphatic carbocycles. The van der Waals surface area contributed by atoms with Gasteiger partial charge in [-0.25, -0.2) is 0 Å². The summed E-state index contributed by atoms with van der Waals surface area (Å²) >= 11 is 0. The zero-order valence-corrected chi connectivity index (χ0v) is 16.7. The number of β-amino-alcohol motifs (C(OH)–C–C–N with tert-alkyl or cyclic N) is 1. The van der Waals surface area contributed by atoms with Crippen LogP contribution < -0.4 is 0 Å². The number of carbonyl (C=O) groups is 2. The van der Waals surface area contributed by atoms with E-state index in [9.17, 15) is 9.59 Å². The topological polar surface area (TPSA) is 67.3 Å². The van der Waals surface area contributed by atoms with Gasteiger partial charge in [-0.1, -0.05) is 0 Å². The summed E-state index contributed by atoms with van der Waals surface area (Å²) in [5, 5.41) is 9.10. The molecule has 3 fully saturated rings. The van der Waals surface area contributed by atoms with Crippen molar-refractivity contribution in [1.82, 2.24) is 19.6 Å². The van der Waals surface area contributed by atoms with Gasteiger partial charge in [0, 0.05) is 39.3 Å². The number of rotatable bonds is 8. The summed E-state index contributed by atoms with van der Waals surface area (Å²) in [6.07, 6.45) is 6.55. The lowest BCUT2D eigenvalue weighted by molar-refractivity contribution is -0.135. The maximum absolute atomic E-state index is 12.7. The number of aliphatic hydroxyl groups is 1. The van der Waals surface area contributed by atoms with Gasteiger partial charge in [-0.15, -0.1) is 0 Å². The molecule has 0 radical (unpaired) electrons. The Morgan fingerprint density at radius 2 is 1.30 bits per heavy atom. The Morgan fingerprint density at radius 1 is 0.815 bits per heavy atom. The van der Waals surface area contributed by atoms with Crippen LogP contribution in [-0.4, -0.2) is 109 Å². The van der Waals surface area contributed by atoms with Crippen LogP contribution in [0.15, 0.2) is 0 Å². The molecular weight excluding hydrogens is 344 g/mol. The fourth-order valence-corrected chi connectivity index (χ4v) is 4.60. The molecule has 154 valence electrons. The monoisotopic (exact) mass is 380 g/mol. The zero-order valence-electron chi connectivity index (χ0n) is 16.7. The number of carbonyl (C=O) groups excluding carboxylic acids is 2. The predicted octanol–water partition coefficient (Wildman–Crippen LogP) is 0.238. The summed E-state index contributed by atoms with van der Waals surface area (Å²) in [5.74, 6) is 0.886. The Kier molecular flexibility index (Phi) is 7.91. The lowest BCUT2D eigenvalue weighted by atomic mass is 9.96. The van der Waals surface area contributed by atoms with E-state index in [0.29, 0.717) is 19.0 Å². The van der Waals surface area contributed by atoms with E-state index in [1.807, 2.05) is 9.80 Å². The molecule has 3 aliphatic heterocycles. The Hall–Kier alpha value is -1.18. The van der Waals surface area contributed by atoms with Crippen molar-refractivity contribution in [3.63, 3.8) is 0 Å². The minimum absolute atomic E-state index is 0.180. The van der Waals surface area contributed by atoms with Crippen molar-refractivity contribution in [2.45, 2.75) is 38.5 Å². The summed E-state index contributed by atoms with van der Waals surface area (Å²) < 4.78 is 0. The van der Waals surface area contributed by atoms with E-state index in [4.69, 9.17) is 5.11 Å². The molecule has 3 heterocycles. The molecule has 3 aliphatic rings. The first-order chi connectivity index (χ1) is 13.2. The summed E-state index contributed by atoms with van der Waals surface area (Å²) in [4.78, 5) is 33.6. The van der Waals surface area contributed by atoms with E-state index in [2.05, 4.69) is 9.80 Å². The van der Waals surface area contributed by atoms with Crippen LogP contribution in [0.3, 0.4) is 0 Å². The molecule has 7 nitrogen and oxygen atoms in total. The lowest BCUT2D eigenvalue weighted by Crippen LogP contribution is -2.47. The Bertz CT molecular complexity index is 452. The minimum Gasteiger partial charge on any atom is -0.395 e. The highest BCUT2D eigenvalue weighted by Gasteiger charge is 2.27. The number of amides is 2. The van der Waals surface area contributed by atoms with Gasteiger partial charge in [-0.05, 0) is 57.5 Å². The molecule has 0 unspecified atom stereocenters. The third-order valence-electron chi connectivity index (χ3n) is 6.28. The first-order valence-corrected chi connectivity index (χ1v) is 10.8. The Labute approximate surface area is 163 Å². The summed E-state index contributed by atoms with van der Waals surface area (Å²) in [6.45, 7) is 8.00. The van der Waals surface area contributed by atoms with E-state index in [-0.39, 0.29) is 18.4 Å². The fourth-order valence-electron chi connectivity index (χ4n) is 4.60. The lowest BCUT2D eigenvalue weighted by Gasteiger charge is -2.35. The van der Waals surface area contributed by atoms with Gasteiger partial charge in [0.25, 0.3) is 0 Å². The van der Waals surface area contributed by atoms with Gasteiger partial charge >= 0.3 is 0 Å². The number of hydrogen-bond acceptors (Lipinski definition) is 5. The highest BCUT2D eigenvalue weighted by molar-refractivity contribution is 5.81. The van der Waals surface area contributed by atoms with Crippen molar-refractivity contribution in [3.8, 4) is 0 Å². The number of likely N-dealkylation sites (tertiary alicyclic amines) is 3. The Balaban J connectivity index is 1.53. The second-order valence-electron chi connectivity index (χ2n) is 8.35. The first-order valence-electron chi connectivity index (χ1n) is 10.8. The molecule has 3 rings (SSSR count). The van der Waals surface area contributed by atoms with Crippen molar-refractivity contribution < 1.29 is 14.7 Å². The average molecular weight is 381 g/mol. The van der Waals surface area contributed by atoms with E-state index < -0.39 is 0 Å². The van der Waals surface area contributed by atoms with Gasteiger partial charge in [0.2, 0.25) is 11.8 Å². The average Bonchev–Trinajstić information content (AvgIpc) is 3.37. The van der Waals surface area contributed by atoms with Crippen LogP contribution >= 0.6 is 0 Å². The number of hydrogen-bond donors (Lipinski definition) is 1. The van der Waals surface area contributed by atoms with Crippen LogP contribution in [-0.2, 0) is 9.59 Å². The quantitative estimate of drug-likeness (QED) is 0.653. The van der Waals surface area contributed by atoms with Crippen LogP contribution in [0.1, 0.15) is 38.5 Å². The molecule has 2 amide bonds. The van der Waals surface area contributed by atoms with Crippen molar-refractivity contribution >= 4 is 11.8 Å². The van der Waals surface area contributed by atoms with Crippen LogP contribution in [0, 0.1) is 5.92 Å². The van der Waals surface area contributed by atoms with Crippen LogP contribution in [0.25, 0.3) is 0 Å². The smallest absolute Gasteiger partial charge is 0.236 e. The fraction of sp³-hybridized carbons (Fsp3) is 0.900. The third-order valence-corrected chi connectivity index (χ3v) is 6.28. The van der Waals surface area contributed by atoms with Crippen molar-refractivity contribution in [2.75, 3.05) is 72.1 Å². The van der Waals surface area contributed by atoms with Crippen LogP contribution in [0.5, 0.6) is 0 Å². The highest BCUT2D eigenvalue weighted by atomic mass is 16.3. The summed E-state index contributed by atoms with van der Waals surface area (Å²) in [6, 6.07) is 0. The van der Waals surface area contributed by atoms with Gasteiger partial charge in [0.05, 0.1) is 19.7 Å². The zero-order chi connectivity index (χ0) is 19.1. The molecule has 7 heteroatoms. The molecule has 0 bridgehead atoms. The molecule has 0 aromatic heterocycles. The molecule has 1 N–H and O–H groups in total. The largest absolute Gasteiger partial charge is 0.395 e. The maximum Gasteiger partial charge on any atom is 0.236 e. The predicted molar refractivity (Wildman–Crippen MR) is 104 cm³/mol. The first kappa shape index (κ1) is 20.6. The van der Waals surface area contributed by atoms with Gasteiger partial charge < -0.3 is 19.8 Å². The van der Waals surface area contributed by atoms with Crippen LogP contribution in [0.4, 0.5) is 0 Å². The SMILES string of the molecule is O=C(CN(CC(=O)N1CCCC1)CC1CCN(CCO)CC1)N1CCCC1. The van der Waals surface area contributed by atoms with Gasteiger partial charge in [-0.3, -0.25) is 14.5 Å². The van der Waals surface area contributed by atoms with Crippen molar-refractivity contribution in [2.24, 2.45) is 5.92 Å². The molecule has 0 saturated carbocycles. The molecule has 0 spiro atoms. The maximum atomic E-state index is 12.7. The van der Waals surface area contributed by atoms with Crippen molar-refractivity contribution in [3.05, 3.63) is 0 Å². The third kappa shape index (κ3) is 6.16. The normalized spacial score (nSPS) is 22.1. The van der Waals surface area contributed by atoms with E-state index in [1.165, 1.54) is 0 Å². The summed E-state index contributed by atoms with van der Waals surface area (Å²) in [5.41, 5.74) is 0. The highest BCUT2D eigenvalue weighted by Crippen LogP contribution is 2.19. The molecule has 0 aromatic carbocycles. The second-order valence-corrected chi connectivity index (χ2v) is 8.35. The Morgan fingerprint density at radius 3 is 1.74 bits per heavy atom. The molecule has 27 heavy (non-hydrogen) atoms. The number of aliphatic hydroxyl groups excluding tert-OH is 1. The van der Waals surface area contributed by atoms with Crippen LogP contribution in [0.2, 0.25) is 0 Å².